The molecule has 1 N–H and O–H groups in total. The van der Waals surface area contributed by atoms with Gasteiger partial charge in [0.2, 0.25) is 5.91 Å². The fraction of sp³-hybridized carbons (Fsp3) is 0.281. The number of nitrogens with zero attached hydrogens (tertiary/aromatic N) is 2. The van der Waals surface area contributed by atoms with Crippen LogP contribution in [0, 0.1) is 12.8 Å². The van der Waals surface area contributed by atoms with Gasteiger partial charge in [0.05, 0.1) is 23.8 Å². The normalized spacial score (nSPS) is 11.0. The number of aryl methyl sites for hydroxylation is 1. The molecule has 40 heavy (non-hydrogen) atoms. The molecule has 0 radical (unpaired) electrons. The standard InChI is InChI=1S/C32H34ClN3O4/c1-22(2)15-16-35(32(39)34-27-12-10-26(33)11-13-27)20-30(37)36(18-24-7-5-4-6-8-24)19-25-21-40-29-14-9-23(3)17-28(29)31(25)38/h4-14,17,21-22H,15-16,18-20H2,1-3H3,(H,34,39). The Balaban J connectivity index is 1.60. The number of anilines is 1. The molecule has 3 amide bonds. The summed E-state index contributed by atoms with van der Waals surface area (Å²) in [6.07, 6.45) is 2.16. The number of amides is 3. The second kappa shape index (κ2) is 13.3. The summed E-state index contributed by atoms with van der Waals surface area (Å²) in [5, 5.41) is 3.91. The smallest absolute Gasteiger partial charge is 0.322 e. The van der Waals surface area contributed by atoms with Crippen molar-refractivity contribution in [2.45, 2.75) is 40.3 Å². The highest BCUT2D eigenvalue weighted by atomic mass is 35.5. The van der Waals surface area contributed by atoms with Crippen molar-refractivity contribution in [1.29, 1.82) is 0 Å². The summed E-state index contributed by atoms with van der Waals surface area (Å²) < 4.78 is 5.75. The zero-order chi connectivity index (χ0) is 28.6. The molecule has 4 aromatic rings. The molecule has 1 aromatic heterocycles. The van der Waals surface area contributed by atoms with Crippen LogP contribution in [0.5, 0.6) is 0 Å². The third kappa shape index (κ3) is 7.73. The Labute approximate surface area is 239 Å². The second-order valence-corrected chi connectivity index (χ2v) is 10.8. The molecule has 0 atom stereocenters. The number of carbonyl (C=O) groups is 2. The summed E-state index contributed by atoms with van der Waals surface area (Å²) in [7, 11) is 0. The van der Waals surface area contributed by atoms with E-state index < -0.39 is 0 Å². The van der Waals surface area contributed by atoms with E-state index in [4.69, 9.17) is 16.0 Å². The van der Waals surface area contributed by atoms with Gasteiger partial charge in [-0.2, -0.15) is 0 Å². The van der Waals surface area contributed by atoms with E-state index in [9.17, 15) is 14.4 Å². The van der Waals surface area contributed by atoms with Crippen molar-refractivity contribution < 1.29 is 14.0 Å². The van der Waals surface area contributed by atoms with E-state index in [0.717, 1.165) is 17.5 Å². The first kappa shape index (κ1) is 28.9. The molecule has 0 aliphatic carbocycles. The lowest BCUT2D eigenvalue weighted by Crippen LogP contribution is -2.45. The summed E-state index contributed by atoms with van der Waals surface area (Å²) >= 11 is 5.98. The Morgan fingerprint density at radius 3 is 2.38 bits per heavy atom. The highest BCUT2D eigenvalue weighted by Gasteiger charge is 2.23. The van der Waals surface area contributed by atoms with Gasteiger partial charge in [-0.15, -0.1) is 0 Å². The van der Waals surface area contributed by atoms with Gasteiger partial charge in [0, 0.05) is 23.8 Å². The van der Waals surface area contributed by atoms with Crippen molar-refractivity contribution in [3.05, 3.63) is 111 Å². The molecule has 0 aliphatic heterocycles. The number of hydrogen-bond donors (Lipinski definition) is 1. The summed E-state index contributed by atoms with van der Waals surface area (Å²) in [6, 6.07) is 21.5. The summed E-state index contributed by atoms with van der Waals surface area (Å²) in [5.74, 6) is 0.0645. The van der Waals surface area contributed by atoms with Gasteiger partial charge in [0.1, 0.15) is 12.1 Å². The molecule has 7 nitrogen and oxygen atoms in total. The van der Waals surface area contributed by atoms with Gasteiger partial charge in [-0.1, -0.05) is 67.4 Å². The number of carbonyl (C=O) groups excluding carboxylic acids is 2. The van der Waals surface area contributed by atoms with Crippen LogP contribution in [0.3, 0.4) is 0 Å². The SMILES string of the molecule is Cc1ccc2occ(CN(Cc3ccccc3)C(=O)CN(CCC(C)C)C(=O)Nc3ccc(Cl)cc3)c(=O)c2c1. The van der Waals surface area contributed by atoms with Gasteiger partial charge in [-0.05, 0) is 61.2 Å². The van der Waals surface area contributed by atoms with Crippen molar-refractivity contribution >= 4 is 40.2 Å². The zero-order valence-electron chi connectivity index (χ0n) is 23.0. The van der Waals surface area contributed by atoms with Crippen molar-refractivity contribution in [1.82, 2.24) is 9.80 Å². The molecule has 3 aromatic carbocycles. The minimum absolute atomic E-state index is 0.0523. The predicted molar refractivity (Wildman–Crippen MR) is 159 cm³/mol. The molecule has 0 saturated heterocycles. The van der Waals surface area contributed by atoms with Crippen LogP contribution in [0.2, 0.25) is 5.02 Å². The Morgan fingerprint density at radius 2 is 1.68 bits per heavy atom. The first-order chi connectivity index (χ1) is 19.2. The van der Waals surface area contributed by atoms with Gasteiger partial charge in [0.25, 0.3) is 0 Å². The van der Waals surface area contributed by atoms with Crippen LogP contribution < -0.4 is 10.7 Å². The van der Waals surface area contributed by atoms with Gasteiger partial charge in [-0.3, -0.25) is 9.59 Å². The van der Waals surface area contributed by atoms with Crippen molar-refractivity contribution in [2.24, 2.45) is 5.92 Å². The van der Waals surface area contributed by atoms with Crippen LogP contribution >= 0.6 is 11.6 Å². The Morgan fingerprint density at radius 1 is 0.950 bits per heavy atom. The number of urea groups is 1. The minimum Gasteiger partial charge on any atom is -0.464 e. The second-order valence-electron chi connectivity index (χ2n) is 10.4. The van der Waals surface area contributed by atoms with Crippen molar-refractivity contribution in [3.8, 4) is 0 Å². The first-order valence-electron chi connectivity index (χ1n) is 13.3. The van der Waals surface area contributed by atoms with Crippen LogP contribution in [-0.4, -0.2) is 34.8 Å². The van der Waals surface area contributed by atoms with Crippen molar-refractivity contribution in [2.75, 3.05) is 18.4 Å². The van der Waals surface area contributed by atoms with E-state index >= 15 is 0 Å². The van der Waals surface area contributed by atoms with Gasteiger partial charge in [0.15, 0.2) is 5.43 Å². The summed E-state index contributed by atoms with van der Waals surface area (Å²) in [6.45, 7) is 6.64. The maximum Gasteiger partial charge on any atom is 0.322 e. The van der Waals surface area contributed by atoms with E-state index in [0.29, 0.717) is 39.7 Å². The molecule has 0 spiro atoms. The summed E-state index contributed by atoms with van der Waals surface area (Å²) in [4.78, 5) is 43.5. The molecule has 0 unspecified atom stereocenters. The topological polar surface area (TPSA) is 82.9 Å². The molecular formula is C32H34ClN3O4. The van der Waals surface area contributed by atoms with E-state index in [1.54, 1.807) is 41.3 Å². The van der Waals surface area contributed by atoms with Gasteiger partial charge >= 0.3 is 6.03 Å². The molecule has 8 heteroatoms. The third-order valence-corrected chi connectivity index (χ3v) is 6.87. The van der Waals surface area contributed by atoms with E-state index in [-0.39, 0.29) is 37.0 Å². The molecule has 208 valence electrons. The third-order valence-electron chi connectivity index (χ3n) is 6.61. The number of fused-ring (bicyclic) bond motifs is 1. The number of rotatable bonds is 10. The van der Waals surface area contributed by atoms with E-state index in [2.05, 4.69) is 19.2 Å². The molecule has 1 heterocycles. The molecule has 0 bridgehead atoms. The summed E-state index contributed by atoms with van der Waals surface area (Å²) in [5.41, 5.74) is 3.15. The lowest BCUT2D eigenvalue weighted by atomic mass is 10.1. The Hall–Kier alpha value is -4.10. The molecule has 4 rings (SSSR count). The molecule has 0 aliphatic rings. The minimum atomic E-state index is -0.378. The fourth-order valence-electron chi connectivity index (χ4n) is 4.30. The average Bonchev–Trinajstić information content (AvgIpc) is 2.94. The van der Waals surface area contributed by atoms with Crippen LogP contribution in [-0.2, 0) is 17.9 Å². The molecular weight excluding hydrogens is 526 g/mol. The lowest BCUT2D eigenvalue weighted by molar-refractivity contribution is -0.133. The Kier molecular flexibility index (Phi) is 9.61. The molecule has 0 fully saturated rings. The van der Waals surface area contributed by atoms with Crippen molar-refractivity contribution in [3.63, 3.8) is 0 Å². The van der Waals surface area contributed by atoms with Crippen LogP contribution in [0.15, 0.2) is 88.3 Å². The Bertz CT molecular complexity index is 1520. The van der Waals surface area contributed by atoms with Crippen LogP contribution in [0.25, 0.3) is 11.0 Å². The van der Waals surface area contributed by atoms with E-state index in [1.807, 2.05) is 43.3 Å². The van der Waals surface area contributed by atoms with Crippen LogP contribution in [0.1, 0.15) is 37.0 Å². The monoisotopic (exact) mass is 559 g/mol. The maximum absolute atomic E-state index is 13.8. The number of benzene rings is 3. The van der Waals surface area contributed by atoms with E-state index in [1.165, 1.54) is 11.2 Å². The number of halogens is 1. The average molecular weight is 560 g/mol. The fourth-order valence-corrected chi connectivity index (χ4v) is 4.43. The van der Waals surface area contributed by atoms with Gasteiger partial charge < -0.3 is 19.5 Å². The largest absolute Gasteiger partial charge is 0.464 e. The number of hydrogen-bond acceptors (Lipinski definition) is 4. The molecule has 0 saturated carbocycles. The van der Waals surface area contributed by atoms with Gasteiger partial charge in [-0.25, -0.2) is 4.79 Å². The first-order valence-corrected chi connectivity index (χ1v) is 13.7. The zero-order valence-corrected chi connectivity index (χ0v) is 23.8. The highest BCUT2D eigenvalue weighted by molar-refractivity contribution is 6.30. The highest BCUT2D eigenvalue weighted by Crippen LogP contribution is 2.17. The maximum atomic E-state index is 13.8. The predicted octanol–water partition coefficient (Wildman–Crippen LogP) is 6.86. The quantitative estimate of drug-likeness (QED) is 0.230. The van der Waals surface area contributed by atoms with Crippen LogP contribution in [0.4, 0.5) is 10.5 Å². The lowest BCUT2D eigenvalue weighted by Gasteiger charge is -2.28. The number of nitrogens with one attached hydrogen (secondary N) is 1.